The molecular weight excluding hydrogens is 256 g/mol. The molecule has 1 aromatic carbocycles. The van der Waals surface area contributed by atoms with Crippen LogP contribution >= 0.6 is 11.3 Å². The van der Waals surface area contributed by atoms with Crippen LogP contribution in [0, 0.1) is 20.8 Å². The smallest absolute Gasteiger partial charge is 0.224 e. The topological polar surface area (TPSA) is 42.0 Å². The Balaban J connectivity index is 1.92. The third kappa shape index (κ3) is 3.89. The van der Waals surface area contributed by atoms with Gasteiger partial charge in [0.15, 0.2) is 0 Å². The molecule has 0 fully saturated rings. The fraction of sp³-hybridized carbons (Fsp3) is 0.333. The van der Waals surface area contributed by atoms with Crippen LogP contribution in [0.15, 0.2) is 23.6 Å². The van der Waals surface area contributed by atoms with Crippen molar-refractivity contribution in [3.8, 4) is 0 Å². The lowest BCUT2D eigenvalue weighted by atomic mass is 10.1. The minimum Gasteiger partial charge on any atom is -0.326 e. The van der Waals surface area contributed by atoms with E-state index >= 15 is 0 Å². The molecule has 2 rings (SSSR count). The number of hydrogen-bond donors (Lipinski definition) is 1. The van der Waals surface area contributed by atoms with Gasteiger partial charge in [0.25, 0.3) is 0 Å². The molecule has 1 aromatic heterocycles. The van der Waals surface area contributed by atoms with Crippen LogP contribution in [0.1, 0.15) is 28.2 Å². The van der Waals surface area contributed by atoms with Crippen molar-refractivity contribution >= 4 is 22.9 Å². The minimum absolute atomic E-state index is 0.0431. The summed E-state index contributed by atoms with van der Waals surface area (Å²) in [7, 11) is 0. The van der Waals surface area contributed by atoms with Gasteiger partial charge in [-0.25, -0.2) is 4.98 Å². The predicted octanol–water partition coefficient (Wildman–Crippen LogP) is 3.64. The molecular formula is C15H18N2OS. The van der Waals surface area contributed by atoms with Crippen LogP contribution in [0.5, 0.6) is 0 Å². The second kappa shape index (κ2) is 5.97. The van der Waals surface area contributed by atoms with Crippen LogP contribution in [-0.2, 0) is 11.2 Å². The van der Waals surface area contributed by atoms with Crippen LogP contribution in [0.4, 0.5) is 5.69 Å². The van der Waals surface area contributed by atoms with Gasteiger partial charge in [0.1, 0.15) is 0 Å². The number of nitrogens with zero attached hydrogens (tertiary/aromatic N) is 1. The molecule has 0 unspecified atom stereocenters. The molecule has 1 N–H and O–H groups in total. The second-order valence-corrected chi connectivity index (χ2v) is 5.69. The molecule has 100 valence electrons. The third-order valence-corrected chi connectivity index (χ3v) is 3.93. The Kier molecular flexibility index (Phi) is 4.32. The van der Waals surface area contributed by atoms with E-state index in [2.05, 4.69) is 10.3 Å². The van der Waals surface area contributed by atoms with E-state index < -0.39 is 0 Å². The van der Waals surface area contributed by atoms with Gasteiger partial charge in [-0.3, -0.25) is 4.79 Å². The van der Waals surface area contributed by atoms with Gasteiger partial charge < -0.3 is 5.32 Å². The molecule has 1 heterocycles. The maximum atomic E-state index is 11.9. The molecule has 0 aliphatic carbocycles. The van der Waals surface area contributed by atoms with Crippen LogP contribution in [0.25, 0.3) is 0 Å². The lowest BCUT2D eigenvalue weighted by Crippen LogP contribution is -2.13. The van der Waals surface area contributed by atoms with Gasteiger partial charge in [-0.2, -0.15) is 0 Å². The number of rotatable bonds is 4. The molecule has 4 heteroatoms. The molecule has 3 nitrogen and oxygen atoms in total. The number of aryl methyl sites for hydroxylation is 4. The Bertz CT molecular complexity index is 590. The fourth-order valence-corrected chi connectivity index (χ4v) is 2.60. The molecule has 1 amide bonds. The van der Waals surface area contributed by atoms with Crippen LogP contribution in [0.2, 0.25) is 0 Å². The van der Waals surface area contributed by atoms with Gasteiger partial charge in [0, 0.05) is 29.6 Å². The first-order valence-electron chi connectivity index (χ1n) is 6.32. The van der Waals surface area contributed by atoms with Crippen molar-refractivity contribution in [3.63, 3.8) is 0 Å². The number of carbonyl (C=O) groups excluding carboxylic acids is 1. The van der Waals surface area contributed by atoms with Gasteiger partial charge in [-0.05, 0) is 38.0 Å². The highest BCUT2D eigenvalue weighted by molar-refractivity contribution is 7.09. The molecule has 0 atom stereocenters. The van der Waals surface area contributed by atoms with Crippen molar-refractivity contribution in [2.24, 2.45) is 0 Å². The molecule has 0 aliphatic heterocycles. The molecule has 0 bridgehead atoms. The lowest BCUT2D eigenvalue weighted by Gasteiger charge is -2.08. The first-order valence-corrected chi connectivity index (χ1v) is 7.20. The number of carbonyl (C=O) groups is 1. The average molecular weight is 274 g/mol. The number of amides is 1. The molecule has 0 saturated heterocycles. The summed E-state index contributed by atoms with van der Waals surface area (Å²) < 4.78 is 0. The number of anilines is 1. The third-order valence-electron chi connectivity index (χ3n) is 2.90. The Labute approximate surface area is 117 Å². The summed E-state index contributed by atoms with van der Waals surface area (Å²) in [6.45, 7) is 5.99. The molecule has 0 aliphatic rings. The highest BCUT2D eigenvalue weighted by Gasteiger charge is 2.07. The highest BCUT2D eigenvalue weighted by Crippen LogP contribution is 2.17. The van der Waals surface area contributed by atoms with Gasteiger partial charge >= 0.3 is 0 Å². The SMILES string of the molecule is Cc1ccc(C)c(NC(=O)CCc2nc(C)cs2)c1. The van der Waals surface area contributed by atoms with Gasteiger partial charge in [-0.15, -0.1) is 11.3 Å². The second-order valence-electron chi connectivity index (χ2n) is 4.75. The normalized spacial score (nSPS) is 10.5. The van der Waals surface area contributed by atoms with E-state index in [4.69, 9.17) is 0 Å². The van der Waals surface area contributed by atoms with E-state index in [9.17, 15) is 4.79 Å². The summed E-state index contributed by atoms with van der Waals surface area (Å²) in [5, 5.41) is 6.00. The molecule has 2 aromatic rings. The Morgan fingerprint density at radius 1 is 1.32 bits per heavy atom. The number of thiazole rings is 1. The first-order chi connectivity index (χ1) is 9.04. The van der Waals surface area contributed by atoms with E-state index in [1.165, 1.54) is 0 Å². The summed E-state index contributed by atoms with van der Waals surface area (Å²) >= 11 is 1.61. The van der Waals surface area contributed by atoms with Crippen molar-refractivity contribution in [1.29, 1.82) is 0 Å². The van der Waals surface area contributed by atoms with Crippen molar-refractivity contribution in [2.45, 2.75) is 33.6 Å². The molecule has 0 saturated carbocycles. The maximum absolute atomic E-state index is 11.9. The van der Waals surface area contributed by atoms with Gasteiger partial charge in [0.05, 0.1) is 5.01 Å². The average Bonchev–Trinajstić information content (AvgIpc) is 2.77. The Hall–Kier alpha value is -1.68. The van der Waals surface area contributed by atoms with Crippen molar-refractivity contribution < 1.29 is 4.79 Å². The van der Waals surface area contributed by atoms with E-state index in [0.717, 1.165) is 27.5 Å². The zero-order chi connectivity index (χ0) is 13.8. The van der Waals surface area contributed by atoms with E-state index in [0.29, 0.717) is 12.8 Å². The molecule has 0 radical (unpaired) electrons. The maximum Gasteiger partial charge on any atom is 0.224 e. The molecule has 0 spiro atoms. The predicted molar refractivity (Wildman–Crippen MR) is 79.7 cm³/mol. The Morgan fingerprint density at radius 3 is 2.79 bits per heavy atom. The van der Waals surface area contributed by atoms with Crippen LogP contribution in [-0.4, -0.2) is 10.9 Å². The summed E-state index contributed by atoms with van der Waals surface area (Å²) in [5.74, 6) is 0.0431. The Morgan fingerprint density at radius 2 is 2.11 bits per heavy atom. The van der Waals surface area contributed by atoms with Crippen LogP contribution < -0.4 is 5.32 Å². The number of aromatic nitrogens is 1. The van der Waals surface area contributed by atoms with E-state index in [-0.39, 0.29) is 5.91 Å². The number of nitrogens with one attached hydrogen (secondary N) is 1. The van der Waals surface area contributed by atoms with Crippen LogP contribution in [0.3, 0.4) is 0 Å². The summed E-state index contributed by atoms with van der Waals surface area (Å²) in [5.41, 5.74) is 4.16. The largest absolute Gasteiger partial charge is 0.326 e. The van der Waals surface area contributed by atoms with Crippen molar-refractivity contribution in [1.82, 2.24) is 4.98 Å². The zero-order valence-corrected chi connectivity index (χ0v) is 12.3. The fourth-order valence-electron chi connectivity index (χ4n) is 1.82. The standard InChI is InChI=1S/C15H18N2OS/c1-10-4-5-11(2)13(8-10)17-14(18)6-7-15-16-12(3)9-19-15/h4-5,8-9H,6-7H2,1-3H3,(H,17,18). The first kappa shape index (κ1) is 13.7. The molecule has 19 heavy (non-hydrogen) atoms. The van der Waals surface area contributed by atoms with E-state index in [1.54, 1.807) is 11.3 Å². The van der Waals surface area contributed by atoms with E-state index in [1.807, 2.05) is 44.4 Å². The number of hydrogen-bond acceptors (Lipinski definition) is 3. The summed E-state index contributed by atoms with van der Waals surface area (Å²) in [6.07, 6.45) is 1.18. The van der Waals surface area contributed by atoms with Crippen molar-refractivity contribution in [2.75, 3.05) is 5.32 Å². The lowest BCUT2D eigenvalue weighted by molar-refractivity contribution is -0.116. The van der Waals surface area contributed by atoms with Gasteiger partial charge in [0.2, 0.25) is 5.91 Å². The number of benzene rings is 1. The minimum atomic E-state index is 0.0431. The quantitative estimate of drug-likeness (QED) is 0.925. The summed E-state index contributed by atoms with van der Waals surface area (Å²) in [6, 6.07) is 6.07. The highest BCUT2D eigenvalue weighted by atomic mass is 32.1. The summed E-state index contributed by atoms with van der Waals surface area (Å²) in [4.78, 5) is 16.3. The van der Waals surface area contributed by atoms with Gasteiger partial charge in [-0.1, -0.05) is 12.1 Å². The zero-order valence-electron chi connectivity index (χ0n) is 11.5. The monoisotopic (exact) mass is 274 g/mol. The van der Waals surface area contributed by atoms with Crippen molar-refractivity contribution in [3.05, 3.63) is 45.4 Å².